The Morgan fingerprint density at radius 1 is 1.60 bits per heavy atom. The van der Waals surface area contributed by atoms with Crippen LogP contribution in [0.4, 0.5) is 0 Å². The van der Waals surface area contributed by atoms with E-state index in [0.717, 1.165) is 6.42 Å². The molecule has 0 fully saturated rings. The fourth-order valence-electron chi connectivity index (χ4n) is 1.04. The molecule has 0 heterocycles. The Bertz CT molecular complexity index is 187. The van der Waals surface area contributed by atoms with Crippen LogP contribution in [0.1, 0.15) is 26.2 Å². The zero-order valence-corrected chi connectivity index (χ0v) is 7.35. The summed E-state index contributed by atoms with van der Waals surface area (Å²) in [6, 6.07) is 0. The van der Waals surface area contributed by atoms with E-state index in [9.17, 15) is 0 Å². The van der Waals surface area contributed by atoms with Crippen LogP contribution in [-0.4, -0.2) is 5.29 Å². The molecule has 0 aromatic rings. The van der Waals surface area contributed by atoms with Gasteiger partial charge in [-0.2, -0.15) is 0 Å². The van der Waals surface area contributed by atoms with Crippen molar-refractivity contribution in [3.05, 3.63) is 23.8 Å². The van der Waals surface area contributed by atoms with Crippen molar-refractivity contribution in [2.24, 2.45) is 0 Å². The van der Waals surface area contributed by atoms with E-state index in [4.69, 9.17) is 0 Å². The lowest BCUT2D eigenvalue weighted by atomic mass is 10.0. The second-order valence-electron chi connectivity index (χ2n) is 2.47. The zero-order chi connectivity index (χ0) is 7.40. The van der Waals surface area contributed by atoms with Gasteiger partial charge in [0.25, 0.3) is 0 Å². The summed E-state index contributed by atoms with van der Waals surface area (Å²) in [7, 11) is 3.58. The Kier molecular flexibility index (Phi) is 2.89. The Morgan fingerprint density at radius 2 is 2.40 bits per heavy atom. The van der Waals surface area contributed by atoms with Gasteiger partial charge in [-0.15, -0.1) is 8.86 Å². The fourth-order valence-corrected chi connectivity index (χ4v) is 1.23. The monoisotopic (exact) mass is 152 g/mol. The first kappa shape index (κ1) is 7.75. The summed E-state index contributed by atoms with van der Waals surface area (Å²) >= 11 is 0. The van der Waals surface area contributed by atoms with E-state index in [1.165, 1.54) is 23.7 Å². The largest absolute Gasteiger partial charge is 0.118 e. The summed E-state index contributed by atoms with van der Waals surface area (Å²) in [5.41, 5.74) is 1.37. The highest BCUT2D eigenvalue weighted by Crippen LogP contribution is 2.13. The number of hydrogen-bond donors (Lipinski definition) is 0. The van der Waals surface area contributed by atoms with Gasteiger partial charge in [0.15, 0.2) is 0 Å². The maximum Gasteiger partial charge on any atom is -0.0212 e. The third-order valence-corrected chi connectivity index (χ3v) is 2.34. The minimum atomic E-state index is 1.09. The van der Waals surface area contributed by atoms with E-state index >= 15 is 0 Å². The van der Waals surface area contributed by atoms with Gasteiger partial charge in [0.1, 0.15) is 0 Å². The van der Waals surface area contributed by atoms with Crippen LogP contribution in [-0.2, 0) is 0 Å². The standard InChI is InChI=1S/C9H13P/c1-2-9(10)8-6-4-3-5-7-8/h4,6-7,10H,2-3,5H2,1H3. The minimum Gasteiger partial charge on any atom is -0.118 e. The van der Waals surface area contributed by atoms with E-state index < -0.39 is 0 Å². The Morgan fingerprint density at radius 3 is 2.90 bits per heavy atom. The number of hydrogen-bond acceptors (Lipinski definition) is 0. The molecule has 54 valence electrons. The number of rotatable bonds is 2. The van der Waals surface area contributed by atoms with Gasteiger partial charge in [-0.25, -0.2) is 0 Å². The van der Waals surface area contributed by atoms with E-state index in [-0.39, 0.29) is 0 Å². The molecule has 0 saturated carbocycles. The molecule has 0 saturated heterocycles. The minimum absolute atomic E-state index is 1.09. The maximum atomic E-state index is 3.58. The van der Waals surface area contributed by atoms with E-state index in [0.29, 0.717) is 0 Å². The molecule has 0 amide bonds. The van der Waals surface area contributed by atoms with Crippen molar-refractivity contribution in [1.29, 1.82) is 0 Å². The molecule has 1 aliphatic carbocycles. The normalized spacial score (nSPS) is 16.7. The SMILES string of the molecule is CCC(=P)C1=CCCC=C1. The molecule has 1 aliphatic rings. The molecule has 0 aromatic heterocycles. The molecule has 0 atom stereocenters. The molecule has 0 radical (unpaired) electrons. The van der Waals surface area contributed by atoms with Crippen LogP contribution in [0.25, 0.3) is 0 Å². The highest BCUT2D eigenvalue weighted by Gasteiger charge is 1.98. The fraction of sp³-hybridized carbons (Fsp3) is 0.444. The van der Waals surface area contributed by atoms with Crippen molar-refractivity contribution in [1.82, 2.24) is 0 Å². The average Bonchev–Trinajstić information content (AvgIpc) is 2.05. The van der Waals surface area contributed by atoms with Gasteiger partial charge in [0, 0.05) is 0 Å². The Hall–Kier alpha value is -0.350. The molecule has 0 bridgehead atoms. The molecular weight excluding hydrogens is 139 g/mol. The van der Waals surface area contributed by atoms with Gasteiger partial charge in [-0.05, 0) is 30.1 Å². The van der Waals surface area contributed by atoms with Crippen LogP contribution < -0.4 is 0 Å². The van der Waals surface area contributed by atoms with Crippen LogP contribution in [0.3, 0.4) is 0 Å². The van der Waals surface area contributed by atoms with E-state index in [1.54, 1.807) is 0 Å². The van der Waals surface area contributed by atoms with Gasteiger partial charge in [-0.1, -0.05) is 25.2 Å². The van der Waals surface area contributed by atoms with Crippen molar-refractivity contribution >= 4 is 14.2 Å². The average molecular weight is 152 g/mol. The lowest BCUT2D eigenvalue weighted by Crippen LogP contribution is -1.96. The van der Waals surface area contributed by atoms with Crippen LogP contribution in [0.15, 0.2) is 23.8 Å². The molecule has 1 heteroatoms. The van der Waals surface area contributed by atoms with Crippen LogP contribution >= 0.6 is 8.86 Å². The molecule has 0 nitrogen and oxygen atoms in total. The molecular formula is C9H13P. The summed E-state index contributed by atoms with van der Waals surface area (Å²) < 4.78 is 0. The highest BCUT2D eigenvalue weighted by molar-refractivity contribution is 7.22. The first-order chi connectivity index (χ1) is 4.84. The Labute approximate surface area is 64.9 Å². The third kappa shape index (κ3) is 1.82. The van der Waals surface area contributed by atoms with Crippen molar-refractivity contribution < 1.29 is 0 Å². The van der Waals surface area contributed by atoms with Gasteiger partial charge in [0.05, 0.1) is 0 Å². The first-order valence-electron chi connectivity index (χ1n) is 3.79. The second kappa shape index (κ2) is 3.73. The van der Waals surface area contributed by atoms with Gasteiger partial charge in [-0.3, -0.25) is 0 Å². The predicted octanol–water partition coefficient (Wildman–Crippen LogP) is 2.99. The van der Waals surface area contributed by atoms with Crippen molar-refractivity contribution in [2.75, 3.05) is 0 Å². The van der Waals surface area contributed by atoms with Crippen molar-refractivity contribution in [3.63, 3.8) is 0 Å². The van der Waals surface area contributed by atoms with Crippen molar-refractivity contribution in [2.45, 2.75) is 26.2 Å². The quantitative estimate of drug-likeness (QED) is 0.533. The molecule has 0 aromatic carbocycles. The molecule has 0 spiro atoms. The topological polar surface area (TPSA) is 0 Å². The lowest BCUT2D eigenvalue weighted by Gasteiger charge is -2.06. The molecule has 0 aliphatic heterocycles. The molecule has 0 unspecified atom stereocenters. The van der Waals surface area contributed by atoms with Crippen LogP contribution in [0.2, 0.25) is 0 Å². The summed E-state index contributed by atoms with van der Waals surface area (Å²) in [6.07, 6.45) is 10.2. The number of allylic oxidation sites excluding steroid dienone is 4. The second-order valence-corrected chi connectivity index (χ2v) is 3.07. The molecule has 10 heavy (non-hydrogen) atoms. The zero-order valence-electron chi connectivity index (χ0n) is 6.35. The van der Waals surface area contributed by atoms with Crippen LogP contribution in [0.5, 0.6) is 0 Å². The summed E-state index contributed by atoms with van der Waals surface area (Å²) in [5, 5.41) is 1.32. The van der Waals surface area contributed by atoms with Crippen molar-refractivity contribution in [3.8, 4) is 0 Å². The summed E-state index contributed by atoms with van der Waals surface area (Å²) in [4.78, 5) is 0. The third-order valence-electron chi connectivity index (χ3n) is 1.70. The first-order valence-corrected chi connectivity index (χ1v) is 4.29. The predicted molar refractivity (Wildman–Crippen MR) is 50.1 cm³/mol. The Balaban J connectivity index is 2.63. The van der Waals surface area contributed by atoms with E-state index in [1.807, 2.05) is 0 Å². The molecule has 1 rings (SSSR count). The lowest BCUT2D eigenvalue weighted by molar-refractivity contribution is 1.03. The summed E-state index contributed by atoms with van der Waals surface area (Å²) in [6.45, 7) is 2.16. The van der Waals surface area contributed by atoms with Crippen LogP contribution in [0, 0.1) is 0 Å². The molecule has 0 N–H and O–H groups in total. The smallest absolute Gasteiger partial charge is 0.0212 e. The van der Waals surface area contributed by atoms with E-state index in [2.05, 4.69) is 34.0 Å². The van der Waals surface area contributed by atoms with Gasteiger partial charge < -0.3 is 0 Å². The summed E-state index contributed by atoms with van der Waals surface area (Å²) in [5.74, 6) is 0. The maximum absolute atomic E-state index is 3.58. The highest BCUT2D eigenvalue weighted by atomic mass is 31.0. The van der Waals surface area contributed by atoms with Gasteiger partial charge >= 0.3 is 0 Å². The van der Waals surface area contributed by atoms with Gasteiger partial charge in [0.2, 0.25) is 0 Å².